The Bertz CT molecular complexity index is 787. The Labute approximate surface area is 148 Å². The average Bonchev–Trinajstić information content (AvgIpc) is 3.09. The highest BCUT2D eigenvalue weighted by molar-refractivity contribution is 5.92. The number of nitrogens with zero attached hydrogens (tertiary/aromatic N) is 1. The van der Waals surface area contributed by atoms with Crippen molar-refractivity contribution in [3.05, 3.63) is 53.7 Å². The van der Waals surface area contributed by atoms with Gasteiger partial charge in [0.05, 0.1) is 12.6 Å². The van der Waals surface area contributed by atoms with Crippen molar-refractivity contribution in [3.8, 4) is 5.75 Å². The standard InChI is InChI=1S/C18H18FNO6/c1-11-8-20(9-16(25-11)18(22)23)17(21)15-7-6-14(26-15)10-24-13-4-2-12(19)3-5-13/h2-7,11,16H,8-10H2,1H3,(H,22,23)/t11-,16?/m1/s1. The van der Waals surface area contributed by atoms with Crippen LogP contribution >= 0.6 is 0 Å². The zero-order valence-corrected chi connectivity index (χ0v) is 14.1. The largest absolute Gasteiger partial charge is 0.486 e. The Kier molecular flexibility index (Phi) is 5.22. The second kappa shape index (κ2) is 7.57. The van der Waals surface area contributed by atoms with Crippen LogP contribution in [0.25, 0.3) is 0 Å². The van der Waals surface area contributed by atoms with E-state index in [1.807, 2.05) is 0 Å². The van der Waals surface area contributed by atoms with Crippen molar-refractivity contribution in [3.63, 3.8) is 0 Å². The van der Waals surface area contributed by atoms with Crippen LogP contribution in [-0.2, 0) is 16.1 Å². The van der Waals surface area contributed by atoms with Crippen LogP contribution in [0.1, 0.15) is 23.2 Å². The summed E-state index contributed by atoms with van der Waals surface area (Å²) in [6.07, 6.45) is -1.44. The number of carboxylic acid groups (broad SMARTS) is 1. The number of hydrogen-bond acceptors (Lipinski definition) is 5. The first-order valence-corrected chi connectivity index (χ1v) is 8.07. The summed E-state index contributed by atoms with van der Waals surface area (Å²) in [6, 6.07) is 8.67. The molecule has 7 nitrogen and oxygen atoms in total. The van der Waals surface area contributed by atoms with E-state index in [4.69, 9.17) is 19.0 Å². The van der Waals surface area contributed by atoms with Gasteiger partial charge in [0.2, 0.25) is 0 Å². The number of rotatable bonds is 5. The molecule has 0 radical (unpaired) electrons. The number of morpholine rings is 1. The third-order valence-electron chi connectivity index (χ3n) is 3.89. The molecule has 1 unspecified atom stereocenters. The van der Waals surface area contributed by atoms with Gasteiger partial charge in [0.25, 0.3) is 5.91 Å². The fraction of sp³-hybridized carbons (Fsp3) is 0.333. The van der Waals surface area contributed by atoms with Crippen LogP contribution in [0, 0.1) is 5.82 Å². The SMILES string of the molecule is C[C@@H]1CN(C(=O)c2ccc(COc3ccc(F)cc3)o2)CC(C(=O)O)O1. The van der Waals surface area contributed by atoms with Crippen LogP contribution in [0.2, 0.25) is 0 Å². The molecule has 1 aliphatic heterocycles. The Hall–Kier alpha value is -2.87. The minimum absolute atomic E-state index is 0.0411. The topological polar surface area (TPSA) is 89.2 Å². The second-order valence-corrected chi connectivity index (χ2v) is 5.99. The van der Waals surface area contributed by atoms with Crippen LogP contribution < -0.4 is 4.74 Å². The maximum absolute atomic E-state index is 12.9. The van der Waals surface area contributed by atoms with Crippen molar-refractivity contribution in [1.29, 1.82) is 0 Å². The highest BCUT2D eigenvalue weighted by Gasteiger charge is 2.33. The molecule has 1 saturated heterocycles. The quantitative estimate of drug-likeness (QED) is 0.877. The highest BCUT2D eigenvalue weighted by atomic mass is 19.1. The molecule has 0 aliphatic carbocycles. The summed E-state index contributed by atoms with van der Waals surface area (Å²) < 4.78 is 29.1. The lowest BCUT2D eigenvalue weighted by atomic mass is 10.2. The Morgan fingerprint density at radius 2 is 1.96 bits per heavy atom. The number of hydrogen-bond donors (Lipinski definition) is 1. The molecule has 0 spiro atoms. The highest BCUT2D eigenvalue weighted by Crippen LogP contribution is 2.18. The number of carboxylic acids is 1. The summed E-state index contributed by atoms with van der Waals surface area (Å²) in [6.45, 7) is 2.03. The first kappa shape index (κ1) is 17.9. The lowest BCUT2D eigenvalue weighted by molar-refractivity contribution is -0.160. The maximum atomic E-state index is 12.9. The molecule has 138 valence electrons. The summed E-state index contributed by atoms with van der Waals surface area (Å²) in [5, 5.41) is 9.10. The van der Waals surface area contributed by atoms with Crippen molar-refractivity contribution in [1.82, 2.24) is 4.90 Å². The molecular formula is C18H18FNO6. The van der Waals surface area contributed by atoms with E-state index in [0.29, 0.717) is 11.5 Å². The van der Waals surface area contributed by atoms with E-state index < -0.39 is 18.0 Å². The number of halogens is 1. The molecule has 0 bridgehead atoms. The van der Waals surface area contributed by atoms with Crippen molar-refractivity contribution < 1.29 is 33.0 Å². The smallest absolute Gasteiger partial charge is 0.334 e. The molecule has 2 atom stereocenters. The number of ether oxygens (including phenoxy) is 2. The zero-order chi connectivity index (χ0) is 18.7. The molecule has 26 heavy (non-hydrogen) atoms. The molecule has 1 amide bonds. The number of carbonyl (C=O) groups excluding carboxylic acids is 1. The number of aliphatic carboxylic acids is 1. The summed E-state index contributed by atoms with van der Waals surface area (Å²) in [7, 11) is 0. The summed E-state index contributed by atoms with van der Waals surface area (Å²) in [5.41, 5.74) is 0. The van der Waals surface area contributed by atoms with Gasteiger partial charge >= 0.3 is 5.97 Å². The first-order valence-electron chi connectivity index (χ1n) is 8.07. The van der Waals surface area contributed by atoms with Gasteiger partial charge in [-0.2, -0.15) is 0 Å². The van der Waals surface area contributed by atoms with Crippen molar-refractivity contribution in [2.75, 3.05) is 13.1 Å². The first-order chi connectivity index (χ1) is 12.4. The van der Waals surface area contributed by atoms with Gasteiger partial charge in [-0.05, 0) is 43.3 Å². The minimum Gasteiger partial charge on any atom is -0.486 e. The summed E-state index contributed by atoms with van der Waals surface area (Å²) in [4.78, 5) is 25.1. The van der Waals surface area contributed by atoms with Crippen molar-refractivity contribution >= 4 is 11.9 Å². The maximum Gasteiger partial charge on any atom is 0.334 e. The van der Waals surface area contributed by atoms with E-state index in [1.165, 1.54) is 35.2 Å². The second-order valence-electron chi connectivity index (χ2n) is 5.99. The zero-order valence-electron chi connectivity index (χ0n) is 14.1. The average molecular weight is 363 g/mol. The lowest BCUT2D eigenvalue weighted by Gasteiger charge is -2.34. The van der Waals surface area contributed by atoms with Crippen molar-refractivity contribution in [2.24, 2.45) is 0 Å². The fourth-order valence-corrected chi connectivity index (χ4v) is 2.67. The third-order valence-corrected chi connectivity index (χ3v) is 3.89. The predicted octanol–water partition coefficient (Wildman–Crippen LogP) is 2.31. The molecule has 1 aromatic heterocycles. The van der Waals surface area contributed by atoms with Gasteiger partial charge in [-0.25, -0.2) is 9.18 Å². The Morgan fingerprint density at radius 1 is 1.23 bits per heavy atom. The number of furan rings is 1. The minimum atomic E-state index is -1.11. The van der Waals surface area contributed by atoms with Gasteiger partial charge in [-0.3, -0.25) is 4.79 Å². The fourth-order valence-electron chi connectivity index (χ4n) is 2.67. The lowest BCUT2D eigenvalue weighted by Crippen LogP contribution is -2.51. The Balaban J connectivity index is 1.62. The van der Waals surface area contributed by atoms with E-state index in [0.717, 1.165) is 0 Å². The van der Waals surface area contributed by atoms with Crippen LogP contribution in [-0.4, -0.2) is 47.2 Å². The normalized spacial score (nSPS) is 20.0. The number of amides is 1. The van der Waals surface area contributed by atoms with Gasteiger partial charge in [0.15, 0.2) is 11.9 Å². The molecule has 3 rings (SSSR count). The molecule has 8 heteroatoms. The molecule has 1 aromatic carbocycles. The van der Waals surface area contributed by atoms with Crippen LogP contribution in [0.15, 0.2) is 40.8 Å². The van der Waals surface area contributed by atoms with E-state index in [9.17, 15) is 14.0 Å². The van der Waals surface area contributed by atoms with E-state index in [2.05, 4.69) is 0 Å². The van der Waals surface area contributed by atoms with E-state index in [-0.39, 0.29) is 37.4 Å². The number of carbonyl (C=O) groups is 2. The van der Waals surface area contributed by atoms with Crippen LogP contribution in [0.3, 0.4) is 0 Å². The van der Waals surface area contributed by atoms with Crippen LogP contribution in [0.5, 0.6) is 5.75 Å². The number of benzene rings is 1. The van der Waals surface area contributed by atoms with Crippen molar-refractivity contribution in [2.45, 2.75) is 25.7 Å². The van der Waals surface area contributed by atoms with E-state index in [1.54, 1.807) is 13.0 Å². The molecule has 2 heterocycles. The molecule has 1 fully saturated rings. The van der Waals surface area contributed by atoms with Crippen LogP contribution in [0.4, 0.5) is 4.39 Å². The van der Waals surface area contributed by atoms with Gasteiger partial charge in [-0.1, -0.05) is 0 Å². The monoisotopic (exact) mass is 363 g/mol. The van der Waals surface area contributed by atoms with Gasteiger partial charge in [0.1, 0.15) is 23.9 Å². The molecular weight excluding hydrogens is 345 g/mol. The predicted molar refractivity (Wildman–Crippen MR) is 87.3 cm³/mol. The molecule has 1 aliphatic rings. The molecule has 0 saturated carbocycles. The Morgan fingerprint density at radius 3 is 2.65 bits per heavy atom. The van der Waals surface area contributed by atoms with Gasteiger partial charge < -0.3 is 23.9 Å². The van der Waals surface area contributed by atoms with E-state index >= 15 is 0 Å². The third kappa shape index (κ3) is 4.20. The van der Waals surface area contributed by atoms with Gasteiger partial charge in [0, 0.05) is 6.54 Å². The molecule has 1 N–H and O–H groups in total. The molecule has 2 aromatic rings. The summed E-state index contributed by atoms with van der Waals surface area (Å²) >= 11 is 0. The summed E-state index contributed by atoms with van der Waals surface area (Å²) in [5.74, 6) is -0.874. The van der Waals surface area contributed by atoms with Gasteiger partial charge in [-0.15, -0.1) is 0 Å².